The molecule has 0 spiro atoms. The predicted molar refractivity (Wildman–Crippen MR) is 125 cm³/mol. The van der Waals surface area contributed by atoms with E-state index in [1.165, 1.54) is 27.6 Å². The van der Waals surface area contributed by atoms with Crippen LogP contribution in [0, 0.1) is 13.8 Å². The van der Waals surface area contributed by atoms with Crippen molar-refractivity contribution in [2.45, 2.75) is 20.2 Å². The topological polar surface area (TPSA) is 21.7 Å². The molecule has 31 heavy (non-hydrogen) atoms. The molecule has 3 aromatic carbocycles. The molecule has 0 bridgehead atoms. The number of hydrogen-bond acceptors (Lipinski definition) is 1. The Balaban J connectivity index is 1.71. The standard InChI is InChI=1S/C28H24N3/c1-18-17-30(3)25(15-23(18)20-9-5-4-6-10-20)27-19(2)21-11-7-8-12-22(21)28-24(27)16-26-29-13-14-31(26)28/h4-15,17H,16H2,1-3H3/q+1/i1D3. The Morgan fingerprint density at radius 2 is 1.81 bits per heavy atom. The van der Waals surface area contributed by atoms with Crippen molar-refractivity contribution in [2.75, 3.05) is 0 Å². The monoisotopic (exact) mass is 405 g/mol. The van der Waals surface area contributed by atoms with E-state index in [0.717, 1.165) is 34.6 Å². The molecule has 3 nitrogen and oxygen atoms in total. The fourth-order valence-corrected chi connectivity index (χ4v) is 5.03. The van der Waals surface area contributed by atoms with Crippen molar-refractivity contribution < 1.29 is 8.68 Å². The maximum Gasteiger partial charge on any atom is 0.213 e. The summed E-state index contributed by atoms with van der Waals surface area (Å²) in [5.74, 6) is 1.03. The lowest BCUT2D eigenvalue weighted by molar-refractivity contribution is -0.660. The minimum absolute atomic E-state index is 0.355. The van der Waals surface area contributed by atoms with Crippen LogP contribution in [0.15, 0.2) is 79.3 Å². The third-order valence-electron chi connectivity index (χ3n) is 6.46. The van der Waals surface area contributed by atoms with Gasteiger partial charge in [0, 0.05) is 39.9 Å². The lowest BCUT2D eigenvalue weighted by atomic mass is 9.89. The van der Waals surface area contributed by atoms with Crippen LogP contribution in [-0.2, 0) is 13.5 Å². The fraction of sp³-hybridized carbons (Fsp3) is 0.143. The third kappa shape index (κ3) is 2.59. The molecule has 3 heterocycles. The summed E-state index contributed by atoms with van der Waals surface area (Å²) in [4.78, 5) is 4.60. The third-order valence-corrected chi connectivity index (χ3v) is 6.46. The van der Waals surface area contributed by atoms with Crippen LogP contribution in [0.1, 0.15) is 26.6 Å². The van der Waals surface area contributed by atoms with Crippen molar-refractivity contribution in [2.24, 2.45) is 7.05 Å². The number of aryl methyl sites for hydroxylation is 3. The van der Waals surface area contributed by atoms with Gasteiger partial charge in [0.15, 0.2) is 6.20 Å². The summed E-state index contributed by atoms with van der Waals surface area (Å²) in [7, 11) is 1.94. The maximum absolute atomic E-state index is 8.18. The highest BCUT2D eigenvalue weighted by Crippen LogP contribution is 2.43. The van der Waals surface area contributed by atoms with Crippen LogP contribution >= 0.6 is 0 Å². The van der Waals surface area contributed by atoms with Gasteiger partial charge in [-0.1, -0.05) is 54.6 Å². The number of hydrogen-bond donors (Lipinski definition) is 0. The molecular formula is C28H24N3+. The molecule has 0 fully saturated rings. The number of fused-ring (bicyclic) bond motifs is 5. The van der Waals surface area contributed by atoms with E-state index < -0.39 is 6.85 Å². The molecule has 0 amide bonds. The molecule has 6 rings (SSSR count). The van der Waals surface area contributed by atoms with Gasteiger partial charge in [0.05, 0.1) is 11.3 Å². The van der Waals surface area contributed by atoms with Crippen molar-refractivity contribution >= 4 is 10.8 Å². The summed E-state index contributed by atoms with van der Waals surface area (Å²) in [5.41, 5.74) is 7.74. The molecule has 0 atom stereocenters. The Labute approximate surface area is 186 Å². The Kier molecular flexibility index (Phi) is 3.24. The predicted octanol–water partition coefficient (Wildman–Crippen LogP) is 5.71. The van der Waals surface area contributed by atoms with Crippen LogP contribution in [0.2, 0.25) is 0 Å². The number of pyridine rings is 1. The van der Waals surface area contributed by atoms with Crippen LogP contribution in [0.5, 0.6) is 0 Å². The van der Waals surface area contributed by atoms with Gasteiger partial charge >= 0.3 is 0 Å². The van der Waals surface area contributed by atoms with E-state index in [0.29, 0.717) is 5.56 Å². The summed E-state index contributed by atoms with van der Waals surface area (Å²) >= 11 is 0. The first-order valence-electron chi connectivity index (χ1n) is 12.0. The molecule has 0 saturated carbocycles. The van der Waals surface area contributed by atoms with Crippen LogP contribution in [0.25, 0.3) is 38.8 Å². The summed E-state index contributed by atoms with van der Waals surface area (Å²) in [6, 6.07) is 20.3. The first-order chi connectivity index (χ1) is 16.3. The molecular weight excluding hydrogens is 378 g/mol. The van der Waals surface area contributed by atoms with Gasteiger partial charge in [-0.25, -0.2) is 9.55 Å². The van der Waals surface area contributed by atoms with Gasteiger partial charge in [0.1, 0.15) is 12.9 Å². The molecule has 3 heteroatoms. The largest absolute Gasteiger partial charge is 0.303 e. The van der Waals surface area contributed by atoms with Crippen molar-refractivity contribution in [3.8, 4) is 28.1 Å². The Morgan fingerprint density at radius 1 is 1.03 bits per heavy atom. The average Bonchev–Trinajstić information content (AvgIpc) is 3.41. The second-order valence-corrected chi connectivity index (χ2v) is 8.23. The first-order valence-corrected chi connectivity index (χ1v) is 10.5. The van der Waals surface area contributed by atoms with E-state index in [4.69, 9.17) is 4.11 Å². The highest BCUT2D eigenvalue weighted by atomic mass is 15.1. The van der Waals surface area contributed by atoms with Crippen LogP contribution < -0.4 is 4.57 Å². The lowest BCUT2D eigenvalue weighted by Crippen LogP contribution is -2.32. The van der Waals surface area contributed by atoms with Crippen molar-refractivity contribution in [3.05, 3.63) is 102 Å². The van der Waals surface area contributed by atoms with Gasteiger partial charge in [-0.3, -0.25) is 0 Å². The van der Waals surface area contributed by atoms with Crippen molar-refractivity contribution in [1.82, 2.24) is 9.55 Å². The molecule has 0 unspecified atom stereocenters. The van der Waals surface area contributed by atoms with E-state index in [1.54, 1.807) is 6.20 Å². The van der Waals surface area contributed by atoms with Crippen molar-refractivity contribution in [1.29, 1.82) is 0 Å². The zero-order valence-corrected chi connectivity index (χ0v) is 17.6. The van der Waals surface area contributed by atoms with Crippen LogP contribution in [-0.4, -0.2) is 9.55 Å². The second kappa shape index (κ2) is 6.64. The zero-order valence-electron chi connectivity index (χ0n) is 20.6. The number of benzene rings is 3. The Bertz CT molecular complexity index is 1580. The SMILES string of the molecule is [2H]C([2H])([2H])c1c[n+](C)c(-c2c3c(c4ccccc4c2C)-n2ccnc2C3)cc1-c1ccccc1. The lowest BCUT2D eigenvalue weighted by Gasteiger charge is -2.17. The fourth-order valence-electron chi connectivity index (χ4n) is 5.03. The van der Waals surface area contributed by atoms with Crippen LogP contribution in [0.4, 0.5) is 0 Å². The summed E-state index contributed by atoms with van der Waals surface area (Å²) in [6.45, 7) is -0.0526. The average molecular weight is 406 g/mol. The van der Waals surface area contributed by atoms with E-state index in [9.17, 15) is 0 Å². The Morgan fingerprint density at radius 3 is 2.61 bits per heavy atom. The zero-order chi connectivity index (χ0) is 23.6. The molecule has 150 valence electrons. The van der Waals surface area contributed by atoms with Gasteiger partial charge in [-0.05, 0) is 41.4 Å². The number of aromatic nitrogens is 3. The molecule has 1 aliphatic rings. The quantitative estimate of drug-likeness (QED) is 0.338. The molecule has 2 aromatic heterocycles. The van der Waals surface area contributed by atoms with Crippen LogP contribution in [0.3, 0.4) is 0 Å². The van der Waals surface area contributed by atoms with E-state index >= 15 is 0 Å². The van der Waals surface area contributed by atoms with Gasteiger partial charge in [0.2, 0.25) is 5.69 Å². The van der Waals surface area contributed by atoms with Gasteiger partial charge < -0.3 is 4.57 Å². The minimum atomic E-state index is -2.22. The van der Waals surface area contributed by atoms with Gasteiger partial charge in [0.25, 0.3) is 0 Å². The highest BCUT2D eigenvalue weighted by molar-refractivity contribution is 6.00. The van der Waals surface area contributed by atoms with E-state index in [2.05, 4.69) is 46.8 Å². The molecule has 1 aliphatic heterocycles. The second-order valence-electron chi connectivity index (χ2n) is 8.23. The van der Waals surface area contributed by atoms with Gasteiger partial charge in [-0.2, -0.15) is 0 Å². The molecule has 5 aromatic rings. The number of imidazole rings is 1. The molecule has 0 N–H and O–H groups in total. The maximum atomic E-state index is 8.18. The van der Waals surface area contributed by atoms with E-state index in [1.807, 2.05) is 54.3 Å². The summed E-state index contributed by atoms with van der Waals surface area (Å²) in [5, 5.41) is 2.40. The van der Waals surface area contributed by atoms with Gasteiger partial charge in [-0.15, -0.1) is 0 Å². The minimum Gasteiger partial charge on any atom is -0.303 e. The number of nitrogens with zero attached hydrogens (tertiary/aromatic N) is 3. The first kappa shape index (κ1) is 15.1. The van der Waals surface area contributed by atoms with E-state index in [-0.39, 0.29) is 0 Å². The normalized spacial score (nSPS) is 14.1. The van der Waals surface area contributed by atoms with Crippen molar-refractivity contribution in [3.63, 3.8) is 0 Å². The Hall–Kier alpha value is -3.72. The molecule has 0 radical (unpaired) electrons. The summed E-state index contributed by atoms with van der Waals surface area (Å²) < 4.78 is 28.7. The smallest absolute Gasteiger partial charge is 0.213 e. The highest BCUT2D eigenvalue weighted by Gasteiger charge is 2.30. The molecule has 0 aliphatic carbocycles. The number of rotatable bonds is 2. The molecule has 0 saturated heterocycles. The summed E-state index contributed by atoms with van der Waals surface area (Å²) in [6.07, 6.45) is 6.40.